The second-order valence-electron chi connectivity index (χ2n) is 4.31. The van der Waals surface area contributed by atoms with E-state index in [2.05, 4.69) is 30.2 Å². The molecular weight excluding hydrogens is 263 g/mol. The zero-order valence-electron chi connectivity index (χ0n) is 10.8. The molecule has 0 atom stereocenters. The number of hydrogen-bond donors (Lipinski definition) is 1. The van der Waals surface area contributed by atoms with Gasteiger partial charge in [-0.1, -0.05) is 12.1 Å². The summed E-state index contributed by atoms with van der Waals surface area (Å²) in [6.45, 7) is 0. The van der Waals surface area contributed by atoms with E-state index in [9.17, 15) is 4.39 Å². The van der Waals surface area contributed by atoms with E-state index >= 15 is 0 Å². The molecule has 3 rings (SSSR count). The van der Waals surface area contributed by atoms with Gasteiger partial charge in [0, 0.05) is 14.1 Å². The van der Waals surface area contributed by atoms with Crippen molar-refractivity contribution < 1.29 is 9.02 Å². The van der Waals surface area contributed by atoms with Crippen molar-refractivity contribution in [2.24, 2.45) is 0 Å². The molecule has 102 valence electrons. The summed E-state index contributed by atoms with van der Waals surface area (Å²) in [6.07, 6.45) is 0. The van der Waals surface area contributed by atoms with Crippen molar-refractivity contribution in [3.05, 3.63) is 30.1 Å². The van der Waals surface area contributed by atoms with Crippen LogP contribution in [0, 0.1) is 5.82 Å². The van der Waals surface area contributed by atoms with Gasteiger partial charge in [-0.25, -0.2) is 19.0 Å². The van der Waals surface area contributed by atoms with Crippen LogP contribution in [-0.4, -0.2) is 34.4 Å². The summed E-state index contributed by atoms with van der Waals surface area (Å²) in [4.78, 5) is 10.3. The monoisotopic (exact) mass is 274 g/mol. The lowest BCUT2D eigenvalue weighted by Gasteiger charge is -2.15. The Balaban J connectivity index is 2.09. The van der Waals surface area contributed by atoms with Crippen LogP contribution in [0.15, 0.2) is 28.9 Å². The number of benzene rings is 1. The third kappa shape index (κ3) is 2.11. The Bertz CT molecular complexity index is 757. The fourth-order valence-corrected chi connectivity index (χ4v) is 1.72. The number of aromatic nitrogens is 4. The molecule has 8 heteroatoms. The maximum atomic E-state index is 13.7. The van der Waals surface area contributed by atoms with Crippen molar-refractivity contribution in [1.29, 1.82) is 0 Å². The number of fused-ring (bicyclic) bond motifs is 1. The molecule has 20 heavy (non-hydrogen) atoms. The normalized spacial score (nSPS) is 10.8. The van der Waals surface area contributed by atoms with Gasteiger partial charge in [0.15, 0.2) is 11.6 Å². The molecule has 1 N–H and O–H groups in total. The molecule has 0 amide bonds. The van der Waals surface area contributed by atoms with Crippen molar-refractivity contribution >= 4 is 28.6 Å². The van der Waals surface area contributed by atoms with E-state index in [1.807, 2.05) is 0 Å². The van der Waals surface area contributed by atoms with Gasteiger partial charge >= 0.3 is 0 Å². The minimum Gasteiger partial charge on any atom is -0.360 e. The zero-order valence-corrected chi connectivity index (χ0v) is 10.8. The Kier molecular flexibility index (Phi) is 2.90. The molecule has 2 heterocycles. The Labute approximate surface area is 113 Å². The van der Waals surface area contributed by atoms with E-state index < -0.39 is 0 Å². The molecule has 0 aliphatic heterocycles. The van der Waals surface area contributed by atoms with Crippen molar-refractivity contribution in [1.82, 2.24) is 20.3 Å². The second kappa shape index (κ2) is 4.72. The fourth-order valence-electron chi connectivity index (χ4n) is 1.72. The smallest absolute Gasteiger partial charge is 0.245 e. The Hall–Kier alpha value is -2.77. The molecule has 2 aromatic heterocycles. The highest BCUT2D eigenvalue weighted by molar-refractivity contribution is 5.76. The Morgan fingerprint density at radius 2 is 1.80 bits per heavy atom. The quantitative estimate of drug-likeness (QED) is 0.781. The molecule has 0 aliphatic rings. The first-order valence-corrected chi connectivity index (χ1v) is 5.84. The first-order chi connectivity index (χ1) is 9.65. The predicted octanol–water partition coefficient (Wildman–Crippen LogP) is 1.96. The van der Waals surface area contributed by atoms with Gasteiger partial charge in [0.1, 0.15) is 5.82 Å². The highest BCUT2D eigenvalue weighted by atomic mass is 19.1. The molecule has 1 aromatic carbocycles. The van der Waals surface area contributed by atoms with Crippen LogP contribution in [0.4, 0.5) is 21.7 Å². The van der Waals surface area contributed by atoms with Gasteiger partial charge in [0.2, 0.25) is 11.3 Å². The number of hydrogen-bond acceptors (Lipinski definition) is 7. The largest absolute Gasteiger partial charge is 0.360 e. The van der Waals surface area contributed by atoms with Crippen molar-refractivity contribution in [3.63, 3.8) is 0 Å². The third-order valence-corrected chi connectivity index (χ3v) is 2.65. The maximum absolute atomic E-state index is 13.7. The lowest BCUT2D eigenvalue weighted by atomic mass is 10.3. The minimum absolute atomic E-state index is 0.259. The number of para-hydroxylation sites is 1. The molecule has 0 bridgehead atoms. The van der Waals surface area contributed by atoms with Gasteiger partial charge in [-0.3, -0.25) is 0 Å². The lowest BCUT2D eigenvalue weighted by Crippen LogP contribution is -2.14. The number of nitrogens with zero attached hydrogens (tertiary/aromatic N) is 5. The summed E-state index contributed by atoms with van der Waals surface area (Å²) < 4.78 is 18.3. The van der Waals surface area contributed by atoms with Crippen LogP contribution in [0.2, 0.25) is 0 Å². The molecule has 7 nitrogen and oxygen atoms in total. The highest BCUT2D eigenvalue weighted by Crippen LogP contribution is 2.26. The van der Waals surface area contributed by atoms with E-state index in [4.69, 9.17) is 0 Å². The second-order valence-corrected chi connectivity index (χ2v) is 4.31. The Morgan fingerprint density at radius 1 is 1.10 bits per heavy atom. The molecule has 0 radical (unpaired) electrons. The summed E-state index contributed by atoms with van der Waals surface area (Å²) in [5.74, 6) is 0.511. The number of halogens is 1. The molecule has 3 aromatic rings. The summed E-state index contributed by atoms with van der Waals surface area (Å²) >= 11 is 0. The topological polar surface area (TPSA) is 80.0 Å². The van der Waals surface area contributed by atoms with Gasteiger partial charge in [0.05, 0.1) is 5.69 Å². The maximum Gasteiger partial charge on any atom is 0.245 e. The average molecular weight is 274 g/mol. The van der Waals surface area contributed by atoms with Crippen molar-refractivity contribution in [3.8, 4) is 0 Å². The zero-order chi connectivity index (χ0) is 14.1. The van der Waals surface area contributed by atoms with Crippen molar-refractivity contribution in [2.45, 2.75) is 0 Å². The first kappa shape index (κ1) is 12.3. The molecule has 0 saturated heterocycles. The van der Waals surface area contributed by atoms with Crippen LogP contribution < -0.4 is 10.2 Å². The number of anilines is 3. The number of nitrogens with one attached hydrogen (secondary N) is 1. The van der Waals surface area contributed by atoms with Crippen LogP contribution in [0.5, 0.6) is 0 Å². The number of rotatable bonds is 3. The Morgan fingerprint density at radius 3 is 2.50 bits per heavy atom. The van der Waals surface area contributed by atoms with Crippen LogP contribution >= 0.6 is 0 Å². The standard InChI is InChI=1S/C12H11FN6O/c1-19(2)12-11(14-8-6-4-3-5-7(8)13)15-9-10(16-12)18-20-17-9/h3-6H,1-2H3,(H,14,15,17). The molecule has 0 saturated carbocycles. The van der Waals surface area contributed by atoms with E-state index in [0.29, 0.717) is 23.0 Å². The van der Waals surface area contributed by atoms with Gasteiger partial charge in [-0.15, -0.1) is 0 Å². The lowest BCUT2D eigenvalue weighted by molar-refractivity contribution is 0.314. The fraction of sp³-hybridized carbons (Fsp3) is 0.167. The van der Waals surface area contributed by atoms with E-state index in [1.165, 1.54) is 6.07 Å². The molecule has 0 aliphatic carbocycles. The molecular formula is C12H11FN6O. The van der Waals surface area contributed by atoms with E-state index in [1.54, 1.807) is 37.2 Å². The predicted molar refractivity (Wildman–Crippen MR) is 71.4 cm³/mol. The van der Waals surface area contributed by atoms with Crippen molar-refractivity contribution in [2.75, 3.05) is 24.3 Å². The van der Waals surface area contributed by atoms with Crippen LogP contribution in [0.3, 0.4) is 0 Å². The van der Waals surface area contributed by atoms with Gasteiger partial charge in [0.25, 0.3) is 0 Å². The third-order valence-electron chi connectivity index (χ3n) is 2.65. The van der Waals surface area contributed by atoms with Crippen LogP contribution in [0.25, 0.3) is 11.3 Å². The van der Waals surface area contributed by atoms with Gasteiger partial charge < -0.3 is 10.2 Å². The van der Waals surface area contributed by atoms with Crippen LogP contribution in [-0.2, 0) is 0 Å². The first-order valence-electron chi connectivity index (χ1n) is 5.84. The van der Waals surface area contributed by atoms with Crippen LogP contribution in [0.1, 0.15) is 0 Å². The molecule has 0 unspecified atom stereocenters. The minimum atomic E-state index is -0.377. The van der Waals surface area contributed by atoms with Gasteiger partial charge in [-0.2, -0.15) is 0 Å². The summed E-state index contributed by atoms with van der Waals surface area (Å²) in [5.41, 5.74) is 0.864. The summed E-state index contributed by atoms with van der Waals surface area (Å²) in [5, 5.41) is 10.2. The molecule has 0 fully saturated rings. The van der Waals surface area contributed by atoms with E-state index in [-0.39, 0.29) is 11.5 Å². The molecule has 0 spiro atoms. The SMILES string of the molecule is CN(C)c1nc2nonc2nc1Nc1ccccc1F. The van der Waals surface area contributed by atoms with Gasteiger partial charge in [-0.05, 0) is 22.4 Å². The summed E-state index contributed by atoms with van der Waals surface area (Å²) in [6, 6.07) is 6.32. The highest BCUT2D eigenvalue weighted by Gasteiger charge is 2.15. The average Bonchev–Trinajstić information content (AvgIpc) is 2.87. The van der Waals surface area contributed by atoms with E-state index in [0.717, 1.165) is 0 Å². The summed E-state index contributed by atoms with van der Waals surface area (Å²) in [7, 11) is 3.60.